The van der Waals surface area contributed by atoms with Gasteiger partial charge in [-0.3, -0.25) is 4.79 Å². The van der Waals surface area contributed by atoms with Gasteiger partial charge in [-0.05, 0) is 48.2 Å². The minimum absolute atomic E-state index is 0.0391. The number of methoxy groups -OCH3 is 1. The summed E-state index contributed by atoms with van der Waals surface area (Å²) < 4.78 is 5.41. The maximum Gasteiger partial charge on any atom is 0.337 e. The number of ether oxygens (including phenoxy) is 1. The molecule has 0 heterocycles. The fourth-order valence-electron chi connectivity index (χ4n) is 2.58. The number of hydrogen-bond acceptors (Lipinski definition) is 3. The van der Waals surface area contributed by atoms with Gasteiger partial charge in [0, 0.05) is 12.5 Å². The molecule has 0 saturated carbocycles. The highest BCUT2D eigenvalue weighted by Crippen LogP contribution is 2.23. The molecule has 0 unspecified atom stereocenters. The summed E-state index contributed by atoms with van der Waals surface area (Å²) in [5.41, 5.74) is 2.15. The van der Waals surface area contributed by atoms with Crippen molar-refractivity contribution in [1.29, 1.82) is 0 Å². The Balaban J connectivity index is 2.08. The zero-order valence-electron chi connectivity index (χ0n) is 15.1. The van der Waals surface area contributed by atoms with E-state index in [4.69, 9.17) is 16.3 Å². The number of benzene rings is 2. The largest absolute Gasteiger partial charge is 0.496 e. The molecule has 2 N–H and O–H groups in total. The summed E-state index contributed by atoms with van der Waals surface area (Å²) in [6.45, 7) is 0. The van der Waals surface area contributed by atoms with Gasteiger partial charge in [0.15, 0.2) is 0 Å². The molecule has 2 aromatic rings. The quantitative estimate of drug-likeness (QED) is 0.422. The van der Waals surface area contributed by atoms with E-state index in [1.807, 2.05) is 18.2 Å². The number of hydrogen-bond donors (Lipinski definition) is 2. The molecule has 0 aliphatic carbocycles. The number of para-hydroxylation sites is 1. The van der Waals surface area contributed by atoms with Gasteiger partial charge in [-0.1, -0.05) is 24.3 Å². The summed E-state index contributed by atoms with van der Waals surface area (Å²) in [4.78, 5) is 23.3. The van der Waals surface area contributed by atoms with Crippen LogP contribution in [0.4, 0.5) is 5.69 Å². The number of rotatable bonds is 8. The van der Waals surface area contributed by atoms with Crippen molar-refractivity contribution in [2.75, 3.05) is 12.4 Å². The Morgan fingerprint density at radius 1 is 1.26 bits per heavy atom. The number of carbonyl (C=O) groups excluding carboxylic acids is 1. The third kappa shape index (κ3) is 5.75. The molecule has 5 nitrogen and oxygen atoms in total. The Hall–Kier alpha value is -3.52. The molecule has 1 amide bonds. The second-order valence-electron chi connectivity index (χ2n) is 5.80. The third-order valence-electron chi connectivity index (χ3n) is 3.92. The number of nitrogens with one attached hydrogen (secondary N) is 1. The first-order valence-electron chi connectivity index (χ1n) is 8.47. The number of terminal acetylenes is 1. The molecule has 0 aliphatic heterocycles. The molecule has 2 aromatic carbocycles. The van der Waals surface area contributed by atoms with Gasteiger partial charge >= 0.3 is 5.97 Å². The first-order chi connectivity index (χ1) is 13.0. The van der Waals surface area contributed by atoms with Crippen molar-refractivity contribution < 1.29 is 19.4 Å². The number of carboxylic acids is 1. The van der Waals surface area contributed by atoms with Crippen LogP contribution in [-0.4, -0.2) is 24.1 Å². The van der Waals surface area contributed by atoms with Crippen molar-refractivity contribution in [2.45, 2.75) is 19.3 Å². The van der Waals surface area contributed by atoms with Gasteiger partial charge in [0.05, 0.1) is 18.4 Å². The van der Waals surface area contributed by atoms with E-state index in [9.17, 15) is 9.59 Å². The van der Waals surface area contributed by atoms with Crippen LogP contribution in [0.1, 0.15) is 34.3 Å². The number of unbranched alkanes of at least 4 members (excludes halogenated alkanes) is 1. The van der Waals surface area contributed by atoms with Crippen LogP contribution in [0.2, 0.25) is 0 Å². The standard InChI is InChI=1S/C22H21NO4/c1-3-4-5-8-17-13-11-16(15-20(17)27-2)12-14-21(24)23-19-10-7-6-9-18(19)22(25)26/h1,6-7,9-15H,4-5,8H2,2H3,(H,23,24)(H,25,26)/b14-12+. The summed E-state index contributed by atoms with van der Waals surface area (Å²) in [7, 11) is 1.60. The second-order valence-corrected chi connectivity index (χ2v) is 5.80. The topological polar surface area (TPSA) is 75.6 Å². The van der Waals surface area contributed by atoms with Crippen molar-refractivity contribution in [2.24, 2.45) is 0 Å². The first kappa shape index (κ1) is 19.8. The van der Waals surface area contributed by atoms with Gasteiger partial charge in [0.25, 0.3) is 0 Å². The van der Waals surface area contributed by atoms with Gasteiger partial charge in [-0.15, -0.1) is 12.3 Å². The molecule has 0 atom stereocenters. The molecular formula is C22H21NO4. The van der Waals surface area contributed by atoms with Crippen molar-refractivity contribution in [3.05, 3.63) is 65.2 Å². The lowest BCUT2D eigenvalue weighted by Gasteiger charge is -2.09. The Labute approximate surface area is 158 Å². The number of anilines is 1. The van der Waals surface area contributed by atoms with Crippen molar-refractivity contribution in [3.63, 3.8) is 0 Å². The molecule has 0 spiro atoms. The van der Waals surface area contributed by atoms with Crippen LogP contribution < -0.4 is 10.1 Å². The predicted octanol–water partition coefficient (Wildman–Crippen LogP) is 4.00. The van der Waals surface area contributed by atoms with Gasteiger partial charge in [0.2, 0.25) is 5.91 Å². The monoisotopic (exact) mass is 363 g/mol. The lowest BCUT2D eigenvalue weighted by Crippen LogP contribution is -2.11. The van der Waals surface area contributed by atoms with E-state index in [0.29, 0.717) is 6.42 Å². The Bertz CT molecular complexity index is 893. The van der Waals surface area contributed by atoms with Crippen molar-refractivity contribution in [1.82, 2.24) is 0 Å². The van der Waals surface area contributed by atoms with Crippen LogP contribution in [0.5, 0.6) is 5.75 Å². The lowest BCUT2D eigenvalue weighted by molar-refractivity contribution is -0.111. The molecule has 0 bridgehead atoms. The fraction of sp³-hybridized carbons (Fsp3) is 0.182. The maximum atomic E-state index is 12.1. The molecule has 0 aliphatic rings. The average Bonchev–Trinajstić information content (AvgIpc) is 2.67. The van der Waals surface area contributed by atoms with E-state index in [0.717, 1.165) is 29.7 Å². The Kier molecular flexibility index (Phi) is 7.21. The Morgan fingerprint density at radius 2 is 2.04 bits per heavy atom. The van der Waals surface area contributed by atoms with E-state index < -0.39 is 11.9 Å². The lowest BCUT2D eigenvalue weighted by atomic mass is 10.0. The number of carboxylic acid groups (broad SMARTS) is 1. The van der Waals surface area contributed by atoms with Crippen LogP contribution >= 0.6 is 0 Å². The molecule has 138 valence electrons. The van der Waals surface area contributed by atoms with Crippen molar-refractivity contribution >= 4 is 23.6 Å². The molecular weight excluding hydrogens is 342 g/mol. The predicted molar refractivity (Wildman–Crippen MR) is 106 cm³/mol. The normalized spacial score (nSPS) is 10.4. The highest BCUT2D eigenvalue weighted by molar-refractivity contribution is 6.06. The number of amides is 1. The molecule has 0 fully saturated rings. The van der Waals surface area contributed by atoms with Crippen LogP contribution in [0.25, 0.3) is 6.08 Å². The van der Waals surface area contributed by atoms with E-state index >= 15 is 0 Å². The smallest absolute Gasteiger partial charge is 0.337 e. The maximum absolute atomic E-state index is 12.1. The number of carbonyl (C=O) groups is 2. The molecule has 0 saturated heterocycles. The summed E-state index contributed by atoms with van der Waals surface area (Å²) in [6, 6.07) is 11.9. The van der Waals surface area contributed by atoms with Crippen molar-refractivity contribution in [3.8, 4) is 18.1 Å². The zero-order valence-corrected chi connectivity index (χ0v) is 15.1. The van der Waals surface area contributed by atoms with Crippen LogP contribution in [0, 0.1) is 12.3 Å². The summed E-state index contributed by atoms with van der Waals surface area (Å²) in [6.07, 6.45) is 10.7. The van der Waals surface area contributed by atoms with Gasteiger partial charge in [0.1, 0.15) is 5.75 Å². The minimum atomic E-state index is -1.10. The molecule has 27 heavy (non-hydrogen) atoms. The van der Waals surface area contributed by atoms with Crippen LogP contribution in [0.3, 0.4) is 0 Å². The first-order valence-corrected chi connectivity index (χ1v) is 8.47. The molecule has 0 aromatic heterocycles. The molecule has 0 radical (unpaired) electrons. The summed E-state index contributed by atoms with van der Waals surface area (Å²) in [5.74, 6) is 1.85. The van der Waals surface area contributed by atoms with E-state index in [1.165, 1.54) is 12.1 Å². The minimum Gasteiger partial charge on any atom is -0.496 e. The molecule has 5 heteroatoms. The average molecular weight is 363 g/mol. The van der Waals surface area contributed by atoms with Gasteiger partial charge in [-0.25, -0.2) is 4.79 Å². The fourth-order valence-corrected chi connectivity index (χ4v) is 2.58. The SMILES string of the molecule is C#CCCCc1ccc(/C=C/C(=O)Nc2ccccc2C(=O)O)cc1OC. The second kappa shape index (κ2) is 9.83. The van der Waals surface area contributed by atoms with Crippen LogP contribution in [0.15, 0.2) is 48.5 Å². The summed E-state index contributed by atoms with van der Waals surface area (Å²) in [5, 5.41) is 11.7. The van der Waals surface area contributed by atoms with E-state index in [1.54, 1.807) is 31.4 Å². The highest BCUT2D eigenvalue weighted by atomic mass is 16.5. The van der Waals surface area contributed by atoms with Gasteiger partial charge in [-0.2, -0.15) is 0 Å². The Morgan fingerprint density at radius 3 is 2.74 bits per heavy atom. The van der Waals surface area contributed by atoms with Crippen LogP contribution in [-0.2, 0) is 11.2 Å². The van der Waals surface area contributed by atoms with E-state index in [-0.39, 0.29) is 11.3 Å². The number of aromatic carboxylic acids is 1. The summed E-state index contributed by atoms with van der Waals surface area (Å²) >= 11 is 0. The highest BCUT2D eigenvalue weighted by Gasteiger charge is 2.10. The van der Waals surface area contributed by atoms with Gasteiger partial charge < -0.3 is 15.2 Å². The molecule has 2 rings (SSSR count). The van der Waals surface area contributed by atoms with E-state index in [2.05, 4.69) is 11.2 Å². The number of aryl methyl sites for hydroxylation is 1. The zero-order chi connectivity index (χ0) is 19.6. The third-order valence-corrected chi connectivity index (χ3v) is 3.92.